The van der Waals surface area contributed by atoms with Gasteiger partial charge in [0.15, 0.2) is 0 Å². The van der Waals surface area contributed by atoms with Crippen LogP contribution in [-0.4, -0.2) is 67.2 Å². The third-order valence-electron chi connectivity index (χ3n) is 2.95. The van der Waals surface area contributed by atoms with Crippen LogP contribution in [0.4, 0.5) is 4.79 Å². The highest BCUT2D eigenvalue weighted by molar-refractivity contribution is 5.78. The number of amides is 2. The van der Waals surface area contributed by atoms with Gasteiger partial charge in [-0.1, -0.05) is 0 Å². The number of nitrogens with one attached hydrogen (secondary N) is 1. The van der Waals surface area contributed by atoms with E-state index in [9.17, 15) is 9.59 Å². The minimum atomic E-state index is -0.501. The van der Waals surface area contributed by atoms with E-state index in [1.165, 1.54) is 0 Å². The zero-order chi connectivity index (χ0) is 15.3. The lowest BCUT2D eigenvalue weighted by Crippen LogP contribution is -2.51. The van der Waals surface area contributed by atoms with Crippen molar-refractivity contribution in [1.29, 1.82) is 0 Å². The van der Waals surface area contributed by atoms with E-state index in [0.717, 1.165) is 19.4 Å². The van der Waals surface area contributed by atoms with E-state index < -0.39 is 11.7 Å². The summed E-state index contributed by atoms with van der Waals surface area (Å²) in [6.45, 7) is 7.23. The minimum absolute atomic E-state index is 0.0234. The van der Waals surface area contributed by atoms with Crippen LogP contribution >= 0.6 is 0 Å². The van der Waals surface area contributed by atoms with Crippen molar-refractivity contribution in [3.05, 3.63) is 0 Å². The Hall–Kier alpha value is -1.30. The van der Waals surface area contributed by atoms with Gasteiger partial charge < -0.3 is 19.9 Å². The maximum atomic E-state index is 12.0. The first kappa shape index (κ1) is 16.8. The Balaban J connectivity index is 2.45. The standard InChI is InChI=1S/C14H27N3O3/c1-14(2,3)20-13(19)15-11-7-6-8-17(9-11)12(18)10-16(4)5/h11H,6-10H2,1-5H3,(H,15,19)/t11-/m1/s1. The summed E-state index contributed by atoms with van der Waals surface area (Å²) in [6, 6.07) is -0.0234. The van der Waals surface area contributed by atoms with Crippen LogP contribution in [-0.2, 0) is 9.53 Å². The molecule has 0 bridgehead atoms. The fourth-order valence-electron chi connectivity index (χ4n) is 2.17. The number of piperidine rings is 1. The molecule has 1 fully saturated rings. The van der Waals surface area contributed by atoms with Gasteiger partial charge >= 0.3 is 6.09 Å². The molecular formula is C14H27N3O3. The molecular weight excluding hydrogens is 258 g/mol. The van der Waals surface area contributed by atoms with Gasteiger partial charge in [-0.05, 0) is 47.7 Å². The molecule has 0 spiro atoms. The van der Waals surface area contributed by atoms with E-state index in [0.29, 0.717) is 13.1 Å². The second-order valence-electron chi connectivity index (χ2n) is 6.56. The van der Waals surface area contributed by atoms with Crippen molar-refractivity contribution in [3.63, 3.8) is 0 Å². The third kappa shape index (κ3) is 6.23. The second kappa shape index (κ2) is 6.92. The Labute approximate surface area is 121 Å². The van der Waals surface area contributed by atoms with Crippen LogP contribution < -0.4 is 5.32 Å². The van der Waals surface area contributed by atoms with Gasteiger partial charge in [0.1, 0.15) is 5.60 Å². The van der Waals surface area contributed by atoms with E-state index in [4.69, 9.17) is 4.74 Å². The van der Waals surface area contributed by atoms with Gasteiger partial charge in [0, 0.05) is 19.1 Å². The summed E-state index contributed by atoms with van der Waals surface area (Å²) in [4.78, 5) is 27.4. The highest BCUT2D eigenvalue weighted by Gasteiger charge is 2.26. The molecule has 1 aliphatic heterocycles. The fraction of sp³-hybridized carbons (Fsp3) is 0.857. The monoisotopic (exact) mass is 285 g/mol. The SMILES string of the molecule is CN(C)CC(=O)N1CCC[C@@H](NC(=O)OC(C)(C)C)C1. The predicted molar refractivity (Wildman–Crippen MR) is 77.5 cm³/mol. The van der Waals surface area contributed by atoms with Crippen molar-refractivity contribution in [2.75, 3.05) is 33.7 Å². The number of carbonyl (C=O) groups excluding carboxylic acids is 2. The van der Waals surface area contributed by atoms with E-state index in [1.54, 1.807) is 0 Å². The summed E-state index contributed by atoms with van der Waals surface area (Å²) in [7, 11) is 3.75. The van der Waals surface area contributed by atoms with Gasteiger partial charge in [-0.25, -0.2) is 4.79 Å². The first-order valence-electron chi connectivity index (χ1n) is 7.09. The van der Waals surface area contributed by atoms with Gasteiger partial charge in [0.2, 0.25) is 5.91 Å². The zero-order valence-electron chi connectivity index (χ0n) is 13.2. The number of hydrogen-bond donors (Lipinski definition) is 1. The highest BCUT2D eigenvalue weighted by atomic mass is 16.6. The molecule has 1 aliphatic rings. The highest BCUT2D eigenvalue weighted by Crippen LogP contribution is 2.12. The lowest BCUT2D eigenvalue weighted by Gasteiger charge is -2.34. The molecule has 1 rings (SSSR count). The summed E-state index contributed by atoms with van der Waals surface area (Å²) < 4.78 is 5.24. The second-order valence-corrected chi connectivity index (χ2v) is 6.56. The van der Waals surface area contributed by atoms with Gasteiger partial charge in [-0.15, -0.1) is 0 Å². The normalized spacial score (nSPS) is 19.9. The molecule has 0 aromatic heterocycles. The summed E-state index contributed by atoms with van der Waals surface area (Å²) >= 11 is 0. The zero-order valence-corrected chi connectivity index (χ0v) is 13.2. The molecule has 0 aromatic carbocycles. The van der Waals surface area contributed by atoms with Crippen molar-refractivity contribution in [2.45, 2.75) is 45.3 Å². The molecule has 1 heterocycles. The smallest absolute Gasteiger partial charge is 0.407 e. The topological polar surface area (TPSA) is 61.9 Å². The predicted octanol–water partition coefficient (Wildman–Crippen LogP) is 1.06. The Kier molecular flexibility index (Phi) is 5.80. The summed E-state index contributed by atoms with van der Waals surface area (Å²) in [5, 5.41) is 2.84. The molecule has 116 valence electrons. The molecule has 1 atom stereocenters. The summed E-state index contributed by atoms with van der Waals surface area (Å²) in [5.74, 6) is 0.102. The first-order chi connectivity index (χ1) is 9.17. The lowest BCUT2D eigenvalue weighted by molar-refractivity contribution is -0.133. The first-order valence-corrected chi connectivity index (χ1v) is 7.09. The minimum Gasteiger partial charge on any atom is -0.444 e. The van der Waals surface area contributed by atoms with Crippen LogP contribution in [0, 0.1) is 0 Å². The largest absolute Gasteiger partial charge is 0.444 e. The van der Waals surface area contributed by atoms with Crippen LogP contribution in [0.25, 0.3) is 0 Å². The summed E-state index contributed by atoms with van der Waals surface area (Å²) in [5.41, 5.74) is -0.501. The number of likely N-dealkylation sites (tertiary alicyclic amines) is 1. The molecule has 2 amide bonds. The average molecular weight is 285 g/mol. The molecule has 0 radical (unpaired) electrons. The molecule has 6 heteroatoms. The Morgan fingerprint density at radius 1 is 1.35 bits per heavy atom. The van der Waals surface area contributed by atoms with Gasteiger partial charge in [0.05, 0.1) is 6.54 Å². The molecule has 0 unspecified atom stereocenters. The Morgan fingerprint density at radius 3 is 2.55 bits per heavy atom. The number of ether oxygens (including phenoxy) is 1. The molecule has 20 heavy (non-hydrogen) atoms. The van der Waals surface area contributed by atoms with E-state index in [-0.39, 0.29) is 11.9 Å². The van der Waals surface area contributed by atoms with Gasteiger partial charge in [-0.3, -0.25) is 4.79 Å². The quantitative estimate of drug-likeness (QED) is 0.842. The van der Waals surface area contributed by atoms with E-state index in [2.05, 4.69) is 5.32 Å². The molecule has 1 N–H and O–H groups in total. The maximum Gasteiger partial charge on any atom is 0.407 e. The average Bonchev–Trinajstić information content (AvgIpc) is 2.25. The van der Waals surface area contributed by atoms with E-state index in [1.807, 2.05) is 44.7 Å². The number of carbonyl (C=O) groups is 2. The molecule has 0 saturated carbocycles. The number of likely N-dealkylation sites (N-methyl/N-ethyl adjacent to an activating group) is 1. The van der Waals surface area contributed by atoms with Crippen LogP contribution in [0.15, 0.2) is 0 Å². The Bertz CT molecular complexity index is 350. The molecule has 0 aromatic rings. The Morgan fingerprint density at radius 2 is 2.00 bits per heavy atom. The maximum absolute atomic E-state index is 12.0. The van der Waals surface area contributed by atoms with Crippen molar-refractivity contribution < 1.29 is 14.3 Å². The number of rotatable bonds is 3. The van der Waals surface area contributed by atoms with Crippen molar-refractivity contribution in [1.82, 2.24) is 15.1 Å². The number of alkyl carbamates (subject to hydrolysis) is 1. The third-order valence-corrected chi connectivity index (χ3v) is 2.95. The molecule has 0 aliphatic carbocycles. The molecule has 6 nitrogen and oxygen atoms in total. The molecule has 1 saturated heterocycles. The van der Waals surface area contributed by atoms with Crippen LogP contribution in [0.5, 0.6) is 0 Å². The van der Waals surface area contributed by atoms with Crippen molar-refractivity contribution in [2.24, 2.45) is 0 Å². The number of hydrogen-bond acceptors (Lipinski definition) is 4. The van der Waals surface area contributed by atoms with Crippen molar-refractivity contribution >= 4 is 12.0 Å². The van der Waals surface area contributed by atoms with Crippen LogP contribution in [0.1, 0.15) is 33.6 Å². The van der Waals surface area contributed by atoms with Crippen LogP contribution in [0.3, 0.4) is 0 Å². The lowest BCUT2D eigenvalue weighted by atomic mass is 10.1. The fourth-order valence-corrected chi connectivity index (χ4v) is 2.17. The number of nitrogens with zero attached hydrogens (tertiary/aromatic N) is 2. The van der Waals surface area contributed by atoms with Gasteiger partial charge in [-0.2, -0.15) is 0 Å². The van der Waals surface area contributed by atoms with Crippen LogP contribution in [0.2, 0.25) is 0 Å². The van der Waals surface area contributed by atoms with Crippen molar-refractivity contribution in [3.8, 4) is 0 Å². The summed E-state index contributed by atoms with van der Waals surface area (Å²) in [6.07, 6.45) is 1.37. The van der Waals surface area contributed by atoms with Gasteiger partial charge in [0.25, 0.3) is 0 Å². The van der Waals surface area contributed by atoms with E-state index >= 15 is 0 Å².